The third-order valence-electron chi connectivity index (χ3n) is 3.40. The van der Waals surface area contributed by atoms with E-state index in [0.29, 0.717) is 27.5 Å². The summed E-state index contributed by atoms with van der Waals surface area (Å²) < 4.78 is 1.59. The maximum atomic E-state index is 11.0. The Morgan fingerprint density at radius 3 is 2.74 bits per heavy atom. The summed E-state index contributed by atoms with van der Waals surface area (Å²) in [5.74, 6) is -0.823. The number of nitrogens with zero attached hydrogens (tertiary/aromatic N) is 2. The van der Waals surface area contributed by atoms with Crippen LogP contribution in [0, 0.1) is 0 Å². The van der Waals surface area contributed by atoms with Gasteiger partial charge in [-0.25, -0.2) is 4.68 Å². The van der Waals surface area contributed by atoms with Gasteiger partial charge in [0.25, 0.3) is 0 Å². The molecule has 0 spiro atoms. The number of phenolic OH excluding ortho intramolecular Hbond substituents is 1. The highest BCUT2D eigenvalue weighted by Crippen LogP contribution is 2.31. The number of aliphatic carboxylic acids is 1. The van der Waals surface area contributed by atoms with Crippen molar-refractivity contribution >= 4 is 17.6 Å². The summed E-state index contributed by atoms with van der Waals surface area (Å²) in [6.45, 7) is 0. The normalized spacial score (nSPS) is 10.7. The molecule has 0 bridgehead atoms. The van der Waals surface area contributed by atoms with Crippen LogP contribution < -0.4 is 0 Å². The van der Waals surface area contributed by atoms with Gasteiger partial charge in [-0.15, -0.1) is 0 Å². The van der Waals surface area contributed by atoms with Gasteiger partial charge in [0.05, 0.1) is 17.8 Å². The monoisotopic (exact) mass is 328 g/mol. The molecule has 5 nitrogen and oxygen atoms in total. The van der Waals surface area contributed by atoms with Crippen LogP contribution in [0.4, 0.5) is 0 Å². The van der Waals surface area contributed by atoms with Gasteiger partial charge in [-0.1, -0.05) is 29.8 Å². The first kappa shape index (κ1) is 15.1. The van der Waals surface area contributed by atoms with Gasteiger partial charge in [0.2, 0.25) is 0 Å². The topological polar surface area (TPSA) is 75.3 Å². The van der Waals surface area contributed by atoms with Crippen LogP contribution in [0.25, 0.3) is 16.9 Å². The second-order valence-corrected chi connectivity index (χ2v) is 5.44. The van der Waals surface area contributed by atoms with E-state index in [1.54, 1.807) is 47.3 Å². The molecule has 23 heavy (non-hydrogen) atoms. The first-order valence-electron chi connectivity index (χ1n) is 6.89. The van der Waals surface area contributed by atoms with E-state index < -0.39 is 5.97 Å². The fourth-order valence-electron chi connectivity index (χ4n) is 2.36. The SMILES string of the molecule is O=C(O)Cc1ccccc1-n1ccc(-c2cc(Cl)ccc2O)n1. The van der Waals surface area contributed by atoms with E-state index in [1.807, 2.05) is 6.07 Å². The molecule has 3 aromatic rings. The zero-order chi connectivity index (χ0) is 16.4. The molecule has 6 heteroatoms. The van der Waals surface area contributed by atoms with Crippen molar-refractivity contribution in [2.24, 2.45) is 0 Å². The van der Waals surface area contributed by atoms with Crippen LogP contribution in [0.2, 0.25) is 5.02 Å². The third-order valence-corrected chi connectivity index (χ3v) is 3.64. The Hall–Kier alpha value is -2.79. The standard InChI is InChI=1S/C17H13ClN2O3/c18-12-5-6-16(21)13(10-12)14-7-8-20(19-14)15-4-2-1-3-11(15)9-17(22)23/h1-8,10,21H,9H2,(H,22,23). The zero-order valence-corrected chi connectivity index (χ0v) is 12.7. The van der Waals surface area contributed by atoms with E-state index >= 15 is 0 Å². The molecule has 0 amide bonds. The molecule has 0 radical (unpaired) electrons. The minimum atomic E-state index is -0.905. The van der Waals surface area contributed by atoms with E-state index in [4.69, 9.17) is 16.7 Å². The molecule has 0 aliphatic heterocycles. The number of benzene rings is 2. The van der Waals surface area contributed by atoms with Crippen LogP contribution in [0.5, 0.6) is 5.75 Å². The number of aromatic nitrogens is 2. The molecular weight excluding hydrogens is 316 g/mol. The lowest BCUT2D eigenvalue weighted by Gasteiger charge is -2.07. The van der Waals surface area contributed by atoms with Crippen LogP contribution >= 0.6 is 11.6 Å². The van der Waals surface area contributed by atoms with Crippen LogP contribution in [0.1, 0.15) is 5.56 Å². The van der Waals surface area contributed by atoms with Gasteiger partial charge in [-0.05, 0) is 35.9 Å². The number of carboxylic acids is 1. The summed E-state index contributed by atoms with van der Waals surface area (Å²) in [6.07, 6.45) is 1.63. The molecule has 0 saturated heterocycles. The predicted molar refractivity (Wildman–Crippen MR) is 87.0 cm³/mol. The fourth-order valence-corrected chi connectivity index (χ4v) is 2.53. The first-order chi connectivity index (χ1) is 11.0. The van der Waals surface area contributed by atoms with Crippen LogP contribution in [0.15, 0.2) is 54.7 Å². The summed E-state index contributed by atoms with van der Waals surface area (Å²) in [4.78, 5) is 11.0. The number of para-hydroxylation sites is 1. The van der Waals surface area contributed by atoms with Crippen LogP contribution in [-0.2, 0) is 11.2 Å². The summed E-state index contributed by atoms with van der Waals surface area (Å²) in [6, 6.07) is 13.6. The first-order valence-corrected chi connectivity index (χ1v) is 7.27. The number of carbonyl (C=O) groups is 1. The molecule has 2 N–H and O–H groups in total. The van der Waals surface area contributed by atoms with Crippen molar-refractivity contribution in [2.45, 2.75) is 6.42 Å². The smallest absolute Gasteiger partial charge is 0.307 e. The maximum absolute atomic E-state index is 11.0. The Kier molecular flexibility index (Phi) is 4.04. The molecule has 0 fully saturated rings. The second-order valence-electron chi connectivity index (χ2n) is 5.01. The van der Waals surface area contributed by atoms with Crippen LogP contribution in [-0.4, -0.2) is 26.0 Å². The molecular formula is C17H13ClN2O3. The highest BCUT2D eigenvalue weighted by Gasteiger charge is 2.12. The van der Waals surface area contributed by atoms with Crippen molar-refractivity contribution in [3.63, 3.8) is 0 Å². The van der Waals surface area contributed by atoms with Crippen molar-refractivity contribution < 1.29 is 15.0 Å². The van der Waals surface area contributed by atoms with Gasteiger partial charge < -0.3 is 10.2 Å². The van der Waals surface area contributed by atoms with E-state index in [1.165, 1.54) is 6.07 Å². The zero-order valence-electron chi connectivity index (χ0n) is 12.0. The van der Waals surface area contributed by atoms with Gasteiger partial charge in [0, 0.05) is 16.8 Å². The number of rotatable bonds is 4. The second kappa shape index (κ2) is 6.14. The Labute approximate surface area is 137 Å². The number of aromatic hydroxyl groups is 1. The Balaban J connectivity index is 2.03. The van der Waals surface area contributed by atoms with Gasteiger partial charge >= 0.3 is 5.97 Å². The van der Waals surface area contributed by atoms with E-state index in [-0.39, 0.29) is 12.2 Å². The summed E-state index contributed by atoms with van der Waals surface area (Å²) in [7, 11) is 0. The minimum Gasteiger partial charge on any atom is -0.507 e. The minimum absolute atomic E-state index is 0.0819. The van der Waals surface area contributed by atoms with E-state index in [2.05, 4.69) is 5.10 Å². The van der Waals surface area contributed by atoms with Gasteiger partial charge in [0.15, 0.2) is 0 Å². The lowest BCUT2D eigenvalue weighted by molar-refractivity contribution is -0.136. The summed E-state index contributed by atoms with van der Waals surface area (Å²) in [5, 5.41) is 23.9. The van der Waals surface area contributed by atoms with Gasteiger partial charge in [-0.3, -0.25) is 4.79 Å². The molecule has 2 aromatic carbocycles. The lowest BCUT2D eigenvalue weighted by atomic mass is 10.1. The maximum Gasteiger partial charge on any atom is 0.307 e. The number of phenols is 1. The Bertz CT molecular complexity index is 874. The largest absolute Gasteiger partial charge is 0.507 e. The quantitative estimate of drug-likeness (QED) is 0.768. The molecule has 1 heterocycles. The number of hydrogen-bond acceptors (Lipinski definition) is 3. The highest BCUT2D eigenvalue weighted by molar-refractivity contribution is 6.30. The molecule has 0 saturated carbocycles. The highest BCUT2D eigenvalue weighted by atomic mass is 35.5. The molecule has 0 aliphatic carbocycles. The summed E-state index contributed by atoms with van der Waals surface area (Å²) in [5.41, 5.74) is 2.41. The van der Waals surface area contributed by atoms with Crippen molar-refractivity contribution in [3.8, 4) is 22.7 Å². The van der Waals surface area contributed by atoms with Crippen molar-refractivity contribution in [1.82, 2.24) is 9.78 Å². The number of carboxylic acid groups (broad SMARTS) is 1. The Morgan fingerprint density at radius 2 is 1.96 bits per heavy atom. The van der Waals surface area contributed by atoms with Crippen LogP contribution in [0.3, 0.4) is 0 Å². The average Bonchev–Trinajstić information content (AvgIpc) is 2.99. The fraction of sp³-hybridized carbons (Fsp3) is 0.0588. The molecule has 3 rings (SSSR count). The Morgan fingerprint density at radius 1 is 1.17 bits per heavy atom. The third kappa shape index (κ3) is 3.19. The van der Waals surface area contributed by atoms with Crippen molar-refractivity contribution in [3.05, 3.63) is 65.3 Å². The van der Waals surface area contributed by atoms with Gasteiger partial charge in [0.1, 0.15) is 5.75 Å². The van der Waals surface area contributed by atoms with E-state index in [9.17, 15) is 9.90 Å². The predicted octanol–water partition coefficient (Wildman–Crippen LogP) is 3.53. The van der Waals surface area contributed by atoms with E-state index in [0.717, 1.165) is 0 Å². The molecule has 116 valence electrons. The average molecular weight is 329 g/mol. The number of hydrogen-bond donors (Lipinski definition) is 2. The molecule has 0 unspecified atom stereocenters. The van der Waals surface area contributed by atoms with Crippen molar-refractivity contribution in [1.29, 1.82) is 0 Å². The van der Waals surface area contributed by atoms with Crippen molar-refractivity contribution in [2.75, 3.05) is 0 Å². The molecule has 0 aliphatic rings. The molecule has 1 aromatic heterocycles. The summed E-state index contributed by atoms with van der Waals surface area (Å²) >= 11 is 5.96. The van der Waals surface area contributed by atoms with Gasteiger partial charge in [-0.2, -0.15) is 5.10 Å². The molecule has 0 atom stereocenters. The number of halogens is 1. The lowest BCUT2D eigenvalue weighted by Crippen LogP contribution is -2.06.